The summed E-state index contributed by atoms with van der Waals surface area (Å²) in [6, 6.07) is 20.9. The third kappa shape index (κ3) is 2.77. The van der Waals surface area contributed by atoms with Crippen LogP contribution in [0.3, 0.4) is 0 Å². The van der Waals surface area contributed by atoms with Crippen LogP contribution >= 0.6 is 0 Å². The predicted octanol–water partition coefficient (Wildman–Crippen LogP) is 3.75. The Labute approximate surface area is 118 Å². The highest BCUT2D eigenvalue weighted by atomic mass is 16.4. The molecule has 0 unspecified atom stereocenters. The van der Waals surface area contributed by atoms with E-state index in [9.17, 15) is 0 Å². The minimum Gasteiger partial charge on any atom is -0.426 e. The van der Waals surface area contributed by atoms with Crippen LogP contribution in [0.4, 0.5) is 0 Å². The van der Waals surface area contributed by atoms with Gasteiger partial charge < -0.3 is 4.42 Å². The molecule has 0 bridgehead atoms. The maximum atomic E-state index is 5.53. The first-order chi connectivity index (χ1) is 9.83. The van der Waals surface area contributed by atoms with Crippen LogP contribution in [0, 0.1) is 6.92 Å². The van der Waals surface area contributed by atoms with Gasteiger partial charge in [0.25, 0.3) is 0 Å². The lowest BCUT2D eigenvalue weighted by molar-refractivity contribution is 0.458. The SMILES string of the molecule is Cc1nnc(CC(c2ccccc2)c2ccccc2)o1. The van der Waals surface area contributed by atoms with Crippen molar-refractivity contribution in [1.29, 1.82) is 0 Å². The van der Waals surface area contributed by atoms with Crippen LogP contribution < -0.4 is 0 Å². The normalized spacial score (nSPS) is 10.9. The summed E-state index contributed by atoms with van der Waals surface area (Å²) in [7, 11) is 0. The number of hydrogen-bond donors (Lipinski definition) is 0. The summed E-state index contributed by atoms with van der Waals surface area (Å²) < 4.78 is 5.53. The van der Waals surface area contributed by atoms with Crippen LogP contribution in [-0.4, -0.2) is 10.2 Å². The minimum absolute atomic E-state index is 0.234. The first-order valence-corrected chi connectivity index (χ1v) is 6.72. The number of aromatic nitrogens is 2. The van der Waals surface area contributed by atoms with Gasteiger partial charge >= 0.3 is 0 Å². The van der Waals surface area contributed by atoms with Crippen molar-refractivity contribution in [3.63, 3.8) is 0 Å². The van der Waals surface area contributed by atoms with Crippen molar-refractivity contribution in [2.24, 2.45) is 0 Å². The lowest BCUT2D eigenvalue weighted by Crippen LogP contribution is -2.05. The average Bonchev–Trinajstić information content (AvgIpc) is 2.92. The standard InChI is InChI=1S/C17H16N2O/c1-13-18-19-17(20-13)12-16(14-8-4-2-5-9-14)15-10-6-3-7-11-15/h2-11,16H,12H2,1H3. The van der Waals surface area contributed by atoms with Crippen LogP contribution in [0.2, 0.25) is 0 Å². The zero-order valence-electron chi connectivity index (χ0n) is 11.4. The molecule has 1 heterocycles. The first-order valence-electron chi connectivity index (χ1n) is 6.72. The molecule has 3 rings (SSSR count). The Morgan fingerprint density at radius 1 is 0.850 bits per heavy atom. The minimum atomic E-state index is 0.234. The molecule has 0 amide bonds. The van der Waals surface area contributed by atoms with Gasteiger partial charge in [-0.25, -0.2) is 0 Å². The van der Waals surface area contributed by atoms with Crippen LogP contribution in [0.25, 0.3) is 0 Å². The van der Waals surface area contributed by atoms with Crippen LogP contribution in [0.1, 0.15) is 28.8 Å². The van der Waals surface area contributed by atoms with Gasteiger partial charge in [-0.2, -0.15) is 0 Å². The van der Waals surface area contributed by atoms with Gasteiger partial charge in [-0.3, -0.25) is 0 Å². The van der Waals surface area contributed by atoms with Crippen molar-refractivity contribution in [2.75, 3.05) is 0 Å². The molecular formula is C17H16N2O. The lowest BCUT2D eigenvalue weighted by atomic mass is 9.88. The van der Waals surface area contributed by atoms with Crippen LogP contribution in [0.15, 0.2) is 65.1 Å². The van der Waals surface area contributed by atoms with Crippen molar-refractivity contribution in [2.45, 2.75) is 19.3 Å². The smallest absolute Gasteiger partial charge is 0.217 e. The second-order valence-corrected chi connectivity index (χ2v) is 4.79. The molecule has 0 spiro atoms. The Bertz CT molecular complexity index is 622. The second-order valence-electron chi connectivity index (χ2n) is 4.79. The van der Waals surface area contributed by atoms with E-state index in [1.807, 2.05) is 19.1 Å². The largest absolute Gasteiger partial charge is 0.426 e. The van der Waals surface area contributed by atoms with Gasteiger partial charge in [0.15, 0.2) is 0 Å². The third-order valence-corrected chi connectivity index (χ3v) is 3.35. The summed E-state index contributed by atoms with van der Waals surface area (Å²) in [5.74, 6) is 1.53. The monoisotopic (exact) mass is 264 g/mol. The molecule has 3 aromatic rings. The van der Waals surface area contributed by atoms with Gasteiger partial charge in [0, 0.05) is 19.3 Å². The highest BCUT2D eigenvalue weighted by molar-refractivity contribution is 5.33. The fourth-order valence-electron chi connectivity index (χ4n) is 2.39. The maximum Gasteiger partial charge on any atom is 0.217 e. The number of hydrogen-bond acceptors (Lipinski definition) is 3. The fraction of sp³-hybridized carbons (Fsp3) is 0.176. The summed E-state index contributed by atoms with van der Waals surface area (Å²) in [6.07, 6.45) is 0.717. The van der Waals surface area contributed by atoms with Crippen molar-refractivity contribution < 1.29 is 4.42 Å². The Kier molecular flexibility index (Phi) is 3.59. The molecule has 0 fully saturated rings. The molecular weight excluding hydrogens is 248 g/mol. The zero-order chi connectivity index (χ0) is 13.8. The summed E-state index contributed by atoms with van der Waals surface area (Å²) in [5.41, 5.74) is 2.52. The topological polar surface area (TPSA) is 38.9 Å². The summed E-state index contributed by atoms with van der Waals surface area (Å²) in [6.45, 7) is 1.82. The van der Waals surface area contributed by atoms with E-state index in [2.05, 4.69) is 58.7 Å². The van der Waals surface area contributed by atoms with E-state index in [1.165, 1.54) is 11.1 Å². The first kappa shape index (κ1) is 12.6. The molecule has 3 heteroatoms. The molecule has 100 valence electrons. The summed E-state index contributed by atoms with van der Waals surface area (Å²) >= 11 is 0. The van der Waals surface area contributed by atoms with Crippen LogP contribution in [-0.2, 0) is 6.42 Å². The third-order valence-electron chi connectivity index (χ3n) is 3.35. The van der Waals surface area contributed by atoms with E-state index in [0.717, 1.165) is 6.42 Å². The van der Waals surface area contributed by atoms with Gasteiger partial charge in [0.05, 0.1) is 0 Å². The highest BCUT2D eigenvalue weighted by Gasteiger charge is 2.17. The Hall–Kier alpha value is -2.42. The quantitative estimate of drug-likeness (QED) is 0.720. The maximum absolute atomic E-state index is 5.53. The van der Waals surface area contributed by atoms with E-state index in [1.54, 1.807) is 0 Å². The molecule has 3 nitrogen and oxygen atoms in total. The molecule has 0 atom stereocenters. The Balaban J connectivity index is 1.96. The second kappa shape index (κ2) is 5.70. The number of rotatable bonds is 4. The molecule has 20 heavy (non-hydrogen) atoms. The molecule has 0 saturated carbocycles. The fourth-order valence-corrected chi connectivity index (χ4v) is 2.39. The highest BCUT2D eigenvalue weighted by Crippen LogP contribution is 2.27. The average molecular weight is 264 g/mol. The molecule has 0 N–H and O–H groups in total. The van der Waals surface area contributed by atoms with Crippen LogP contribution in [0.5, 0.6) is 0 Å². The number of aryl methyl sites for hydroxylation is 1. The van der Waals surface area contributed by atoms with E-state index in [0.29, 0.717) is 11.8 Å². The zero-order valence-corrected chi connectivity index (χ0v) is 11.4. The van der Waals surface area contributed by atoms with E-state index >= 15 is 0 Å². The molecule has 0 radical (unpaired) electrons. The molecule has 0 aliphatic heterocycles. The van der Waals surface area contributed by atoms with E-state index in [4.69, 9.17) is 4.42 Å². The molecule has 0 saturated heterocycles. The Morgan fingerprint density at radius 3 is 1.85 bits per heavy atom. The van der Waals surface area contributed by atoms with Gasteiger partial charge in [-0.1, -0.05) is 60.7 Å². The van der Waals surface area contributed by atoms with Crippen molar-refractivity contribution >= 4 is 0 Å². The van der Waals surface area contributed by atoms with Crippen molar-refractivity contribution in [3.05, 3.63) is 83.6 Å². The number of benzene rings is 2. The van der Waals surface area contributed by atoms with E-state index < -0.39 is 0 Å². The van der Waals surface area contributed by atoms with Crippen molar-refractivity contribution in [1.82, 2.24) is 10.2 Å². The van der Waals surface area contributed by atoms with Crippen molar-refractivity contribution in [3.8, 4) is 0 Å². The van der Waals surface area contributed by atoms with Gasteiger partial charge in [-0.05, 0) is 11.1 Å². The van der Waals surface area contributed by atoms with Gasteiger partial charge in [0.2, 0.25) is 11.8 Å². The molecule has 2 aromatic carbocycles. The molecule has 0 aliphatic carbocycles. The summed E-state index contributed by atoms with van der Waals surface area (Å²) in [5, 5.41) is 8.03. The van der Waals surface area contributed by atoms with E-state index in [-0.39, 0.29) is 5.92 Å². The van der Waals surface area contributed by atoms with Gasteiger partial charge in [-0.15, -0.1) is 10.2 Å². The summed E-state index contributed by atoms with van der Waals surface area (Å²) in [4.78, 5) is 0. The predicted molar refractivity (Wildman–Crippen MR) is 77.5 cm³/mol. The lowest BCUT2D eigenvalue weighted by Gasteiger charge is -2.16. The Morgan fingerprint density at radius 2 is 1.40 bits per heavy atom. The number of nitrogens with zero attached hydrogens (tertiary/aromatic N) is 2. The molecule has 0 aliphatic rings. The molecule has 1 aromatic heterocycles. The van der Waals surface area contributed by atoms with Gasteiger partial charge in [0.1, 0.15) is 0 Å².